The molecule has 24 heavy (non-hydrogen) atoms. The van der Waals surface area contributed by atoms with E-state index in [9.17, 15) is 13.6 Å². The van der Waals surface area contributed by atoms with E-state index >= 15 is 0 Å². The first-order chi connectivity index (χ1) is 11.6. The summed E-state index contributed by atoms with van der Waals surface area (Å²) >= 11 is 0. The van der Waals surface area contributed by atoms with Gasteiger partial charge in [-0.3, -0.25) is 9.89 Å². The summed E-state index contributed by atoms with van der Waals surface area (Å²) in [4.78, 5) is 12.4. The zero-order chi connectivity index (χ0) is 16.7. The number of nitrogens with one attached hydrogen (secondary N) is 1. The fraction of sp³-hybridized carbons (Fsp3) is 0.222. The number of benzene rings is 2. The van der Waals surface area contributed by atoms with Gasteiger partial charge in [-0.25, -0.2) is 8.78 Å². The molecule has 1 aliphatic rings. The summed E-state index contributed by atoms with van der Waals surface area (Å²) < 4.78 is 32.6. The Kier molecular flexibility index (Phi) is 3.61. The molecule has 0 aliphatic carbocycles. The molecule has 0 saturated carbocycles. The summed E-state index contributed by atoms with van der Waals surface area (Å²) in [5.74, 6) is -1.65. The highest BCUT2D eigenvalue weighted by molar-refractivity contribution is 6.06. The molecule has 122 valence electrons. The first kappa shape index (κ1) is 15.0. The number of halogens is 2. The van der Waals surface area contributed by atoms with Gasteiger partial charge in [0.2, 0.25) is 0 Å². The fourth-order valence-corrected chi connectivity index (χ4v) is 2.88. The van der Waals surface area contributed by atoms with Crippen molar-refractivity contribution in [2.24, 2.45) is 5.92 Å². The maximum absolute atomic E-state index is 14.0. The standard InChI is InChI=1S/C18H14F2N2O2/c19-14-3-1-2-12(17(14)20)11-4-5-15-13(7-11)18(22-21-15)16(23)6-10-8-24-9-10/h1-5,7,10H,6,8-9H2,(H,21,22). The Morgan fingerprint density at radius 1 is 1.25 bits per heavy atom. The van der Waals surface area contributed by atoms with Crippen molar-refractivity contribution < 1.29 is 18.3 Å². The Morgan fingerprint density at radius 2 is 2.08 bits per heavy atom. The highest BCUT2D eigenvalue weighted by Gasteiger charge is 2.25. The van der Waals surface area contributed by atoms with E-state index in [0.717, 1.165) is 6.07 Å². The first-order valence-corrected chi connectivity index (χ1v) is 7.67. The van der Waals surface area contributed by atoms with Crippen molar-refractivity contribution in [1.82, 2.24) is 10.2 Å². The molecule has 1 saturated heterocycles. The molecule has 1 N–H and O–H groups in total. The van der Waals surface area contributed by atoms with Crippen LogP contribution in [0.5, 0.6) is 0 Å². The molecule has 0 bridgehead atoms. The van der Waals surface area contributed by atoms with Crippen LogP contribution in [-0.2, 0) is 4.74 Å². The van der Waals surface area contributed by atoms with Gasteiger partial charge >= 0.3 is 0 Å². The molecule has 0 radical (unpaired) electrons. The third kappa shape index (κ3) is 2.49. The van der Waals surface area contributed by atoms with Crippen molar-refractivity contribution >= 4 is 16.7 Å². The van der Waals surface area contributed by atoms with Gasteiger partial charge in [-0.15, -0.1) is 0 Å². The molecule has 1 aromatic heterocycles. The average Bonchev–Trinajstić information content (AvgIpc) is 2.96. The van der Waals surface area contributed by atoms with E-state index in [1.54, 1.807) is 18.2 Å². The van der Waals surface area contributed by atoms with Crippen LogP contribution < -0.4 is 0 Å². The zero-order valence-electron chi connectivity index (χ0n) is 12.7. The number of fused-ring (bicyclic) bond motifs is 1. The molecular weight excluding hydrogens is 314 g/mol. The lowest BCUT2D eigenvalue weighted by atomic mass is 9.97. The highest BCUT2D eigenvalue weighted by Crippen LogP contribution is 2.29. The van der Waals surface area contributed by atoms with Crippen molar-refractivity contribution in [1.29, 1.82) is 0 Å². The molecule has 3 aromatic rings. The van der Waals surface area contributed by atoms with Crippen LogP contribution >= 0.6 is 0 Å². The monoisotopic (exact) mass is 328 g/mol. The minimum Gasteiger partial charge on any atom is -0.381 e. The maximum atomic E-state index is 14.0. The number of ketones is 1. The Hall–Kier alpha value is -2.60. The van der Waals surface area contributed by atoms with Crippen LogP contribution in [0.1, 0.15) is 16.9 Å². The van der Waals surface area contributed by atoms with Gasteiger partial charge in [0, 0.05) is 23.3 Å². The minimum atomic E-state index is -0.903. The highest BCUT2D eigenvalue weighted by atomic mass is 19.2. The maximum Gasteiger partial charge on any atom is 0.184 e. The van der Waals surface area contributed by atoms with E-state index < -0.39 is 11.6 Å². The molecule has 6 heteroatoms. The molecule has 4 rings (SSSR count). The Balaban J connectivity index is 1.75. The number of carbonyl (C=O) groups is 1. The smallest absolute Gasteiger partial charge is 0.184 e. The molecular formula is C18H14F2N2O2. The topological polar surface area (TPSA) is 55.0 Å². The van der Waals surface area contributed by atoms with Crippen LogP contribution in [0.3, 0.4) is 0 Å². The predicted molar refractivity (Wildman–Crippen MR) is 84.7 cm³/mol. The summed E-state index contributed by atoms with van der Waals surface area (Å²) in [6.45, 7) is 1.18. The third-order valence-corrected chi connectivity index (χ3v) is 4.27. The lowest BCUT2D eigenvalue weighted by Crippen LogP contribution is -2.29. The van der Waals surface area contributed by atoms with Crippen molar-refractivity contribution in [3.05, 3.63) is 53.7 Å². The quantitative estimate of drug-likeness (QED) is 0.743. The molecule has 0 unspecified atom stereocenters. The third-order valence-electron chi connectivity index (χ3n) is 4.27. The largest absolute Gasteiger partial charge is 0.381 e. The van der Waals surface area contributed by atoms with Crippen molar-refractivity contribution in [3.63, 3.8) is 0 Å². The molecule has 4 nitrogen and oxygen atoms in total. The number of hydrogen-bond acceptors (Lipinski definition) is 3. The van der Waals surface area contributed by atoms with Crippen LogP contribution in [-0.4, -0.2) is 29.2 Å². The molecule has 1 aliphatic heterocycles. The molecule has 0 atom stereocenters. The van der Waals surface area contributed by atoms with Gasteiger partial charge < -0.3 is 4.74 Å². The van der Waals surface area contributed by atoms with E-state index in [1.807, 2.05) is 0 Å². The number of hydrogen-bond donors (Lipinski definition) is 1. The number of H-pyrrole nitrogens is 1. The molecule has 2 aromatic carbocycles. The van der Waals surface area contributed by atoms with E-state index in [-0.39, 0.29) is 17.3 Å². The molecule has 1 fully saturated rings. The van der Waals surface area contributed by atoms with E-state index in [1.165, 1.54) is 12.1 Å². The van der Waals surface area contributed by atoms with Crippen LogP contribution in [0.15, 0.2) is 36.4 Å². The number of carbonyl (C=O) groups excluding carboxylic acids is 1. The lowest BCUT2D eigenvalue weighted by Gasteiger charge is -2.24. The second kappa shape index (κ2) is 5.79. The molecule has 0 spiro atoms. The van der Waals surface area contributed by atoms with Crippen molar-refractivity contribution in [3.8, 4) is 11.1 Å². The van der Waals surface area contributed by atoms with Crippen LogP contribution in [0.2, 0.25) is 0 Å². The van der Waals surface area contributed by atoms with Gasteiger partial charge in [0.15, 0.2) is 17.4 Å². The fourth-order valence-electron chi connectivity index (χ4n) is 2.88. The molecule has 0 amide bonds. The van der Waals surface area contributed by atoms with Crippen LogP contribution in [0, 0.1) is 17.6 Å². The Morgan fingerprint density at radius 3 is 2.83 bits per heavy atom. The van der Waals surface area contributed by atoms with E-state index in [2.05, 4.69) is 10.2 Å². The summed E-state index contributed by atoms with van der Waals surface area (Å²) in [7, 11) is 0. The van der Waals surface area contributed by atoms with Gasteiger partial charge in [0.05, 0.1) is 18.7 Å². The Labute approximate surface area is 136 Å². The van der Waals surface area contributed by atoms with Crippen molar-refractivity contribution in [2.45, 2.75) is 6.42 Å². The average molecular weight is 328 g/mol. The minimum absolute atomic E-state index is 0.0774. The van der Waals surface area contributed by atoms with Crippen LogP contribution in [0.25, 0.3) is 22.0 Å². The summed E-state index contributed by atoms with van der Waals surface area (Å²) in [5.41, 5.74) is 1.67. The number of nitrogens with zero attached hydrogens (tertiary/aromatic N) is 1. The second-order valence-electron chi connectivity index (χ2n) is 5.96. The Bertz CT molecular complexity index is 932. The van der Waals surface area contributed by atoms with E-state index in [0.29, 0.717) is 41.8 Å². The van der Waals surface area contributed by atoms with Crippen LogP contribution in [0.4, 0.5) is 8.78 Å². The van der Waals surface area contributed by atoms with Gasteiger partial charge in [0.25, 0.3) is 0 Å². The second-order valence-corrected chi connectivity index (χ2v) is 5.96. The number of rotatable bonds is 4. The van der Waals surface area contributed by atoms with Gasteiger partial charge in [-0.05, 0) is 23.8 Å². The first-order valence-electron chi connectivity index (χ1n) is 7.67. The van der Waals surface area contributed by atoms with Crippen molar-refractivity contribution in [2.75, 3.05) is 13.2 Å². The van der Waals surface area contributed by atoms with Gasteiger partial charge in [-0.2, -0.15) is 5.10 Å². The number of aromatic nitrogens is 2. The normalized spacial score (nSPS) is 14.8. The zero-order valence-corrected chi connectivity index (χ0v) is 12.7. The number of ether oxygens (including phenoxy) is 1. The summed E-state index contributed by atoms with van der Waals surface area (Å²) in [5, 5.41) is 7.52. The van der Waals surface area contributed by atoms with Gasteiger partial charge in [0.1, 0.15) is 5.69 Å². The SMILES string of the molecule is O=C(CC1COC1)c1n[nH]c2ccc(-c3cccc(F)c3F)cc12. The summed E-state index contributed by atoms with van der Waals surface area (Å²) in [6.07, 6.45) is 0.374. The number of Topliss-reactive ketones (excluding diaryl/α,β-unsaturated/α-hetero) is 1. The number of aromatic amines is 1. The van der Waals surface area contributed by atoms with E-state index in [4.69, 9.17) is 4.74 Å². The molecule has 2 heterocycles. The predicted octanol–water partition coefficient (Wildman–Crippen LogP) is 3.73. The lowest BCUT2D eigenvalue weighted by molar-refractivity contribution is -0.0322. The summed E-state index contributed by atoms with van der Waals surface area (Å²) in [6, 6.07) is 9.09. The van der Waals surface area contributed by atoms with Gasteiger partial charge in [-0.1, -0.05) is 18.2 Å².